The molecule has 2 atom stereocenters. The number of aromatic nitrogens is 2. The zero-order valence-electron chi connectivity index (χ0n) is 16.9. The highest BCUT2D eigenvalue weighted by atomic mass is 32.2. The number of nitrogens with one attached hydrogen (secondary N) is 1. The van der Waals surface area contributed by atoms with Crippen molar-refractivity contribution in [2.24, 2.45) is 13.0 Å². The van der Waals surface area contributed by atoms with E-state index in [0.29, 0.717) is 18.8 Å². The van der Waals surface area contributed by atoms with Gasteiger partial charge in [0.15, 0.2) is 0 Å². The first-order valence-electron chi connectivity index (χ1n) is 9.78. The number of hydrogen-bond donors (Lipinski definition) is 1. The van der Waals surface area contributed by atoms with Crippen molar-refractivity contribution in [2.45, 2.75) is 31.5 Å². The highest BCUT2D eigenvalue weighted by Crippen LogP contribution is 2.33. The lowest BCUT2D eigenvalue weighted by Gasteiger charge is -2.13. The lowest BCUT2D eigenvalue weighted by molar-refractivity contribution is 0.0942. The molecule has 0 spiro atoms. The maximum absolute atomic E-state index is 13.8. The first-order valence-corrected chi connectivity index (χ1v) is 10.6. The van der Waals surface area contributed by atoms with Crippen LogP contribution in [0, 0.1) is 12.8 Å². The van der Waals surface area contributed by atoms with Crippen LogP contribution >= 0.6 is 11.9 Å². The minimum absolute atomic E-state index is 0.0458. The number of halogens is 1. The Morgan fingerprint density at radius 2 is 2.14 bits per heavy atom. The second-order valence-corrected chi connectivity index (χ2v) is 8.78. The number of carbonyl (C=O) groups is 1. The van der Waals surface area contributed by atoms with Gasteiger partial charge in [0.25, 0.3) is 5.91 Å². The summed E-state index contributed by atoms with van der Waals surface area (Å²) in [5.74, 6) is -0.0778. The van der Waals surface area contributed by atoms with Crippen molar-refractivity contribution in [1.82, 2.24) is 19.2 Å². The Labute approximate surface area is 174 Å². The van der Waals surface area contributed by atoms with Gasteiger partial charge in [-0.05, 0) is 42.6 Å². The van der Waals surface area contributed by atoms with Gasteiger partial charge in [0.05, 0.1) is 5.52 Å². The molecule has 1 saturated heterocycles. The Bertz CT molecular complexity index is 1040. The average molecular weight is 413 g/mol. The fourth-order valence-corrected chi connectivity index (χ4v) is 4.91. The van der Waals surface area contributed by atoms with Crippen LogP contribution in [-0.2, 0) is 13.6 Å². The average Bonchev–Trinajstić information content (AvgIpc) is 3.18. The number of amides is 1. The highest BCUT2D eigenvalue weighted by Gasteiger charge is 2.31. The lowest BCUT2D eigenvalue weighted by atomic mass is 10.1. The van der Waals surface area contributed by atoms with E-state index in [1.807, 2.05) is 66.2 Å². The molecule has 0 saturated carbocycles. The lowest BCUT2D eigenvalue weighted by Crippen LogP contribution is -2.25. The van der Waals surface area contributed by atoms with Crippen LogP contribution in [0.3, 0.4) is 0 Å². The SMILES string of the molecule is Cc1c(SN2CC(C)C(F)C2)cc(C(=O)NCc2cccc3ncccc23)n1C. The van der Waals surface area contributed by atoms with Gasteiger partial charge < -0.3 is 9.88 Å². The monoisotopic (exact) mass is 412 g/mol. The molecular weight excluding hydrogens is 387 g/mol. The van der Waals surface area contributed by atoms with Gasteiger partial charge in [-0.25, -0.2) is 8.70 Å². The van der Waals surface area contributed by atoms with E-state index in [-0.39, 0.29) is 11.8 Å². The molecule has 0 aliphatic carbocycles. The third-order valence-electron chi connectivity index (χ3n) is 5.61. The molecular formula is C22H25FN4OS. The van der Waals surface area contributed by atoms with E-state index >= 15 is 0 Å². The molecule has 1 aliphatic rings. The molecule has 2 unspecified atom stereocenters. The van der Waals surface area contributed by atoms with E-state index in [0.717, 1.165) is 33.6 Å². The maximum atomic E-state index is 13.8. The van der Waals surface area contributed by atoms with Crippen molar-refractivity contribution in [3.63, 3.8) is 0 Å². The van der Waals surface area contributed by atoms with Crippen molar-refractivity contribution in [2.75, 3.05) is 13.1 Å². The summed E-state index contributed by atoms with van der Waals surface area (Å²) in [4.78, 5) is 18.2. The molecule has 2 aromatic heterocycles. The number of pyridine rings is 1. The van der Waals surface area contributed by atoms with Crippen molar-refractivity contribution in [3.8, 4) is 0 Å². The van der Waals surface area contributed by atoms with Crippen LogP contribution in [0.15, 0.2) is 47.5 Å². The molecule has 152 valence electrons. The molecule has 1 aromatic carbocycles. The molecule has 1 amide bonds. The highest BCUT2D eigenvalue weighted by molar-refractivity contribution is 7.97. The first kappa shape index (κ1) is 19.9. The zero-order chi connectivity index (χ0) is 20.5. The number of hydrogen-bond acceptors (Lipinski definition) is 4. The summed E-state index contributed by atoms with van der Waals surface area (Å²) in [6, 6.07) is 11.7. The Kier molecular flexibility index (Phi) is 5.61. The largest absolute Gasteiger partial charge is 0.347 e. The molecule has 5 nitrogen and oxygen atoms in total. The topological polar surface area (TPSA) is 50.2 Å². The second-order valence-electron chi connectivity index (χ2n) is 7.64. The summed E-state index contributed by atoms with van der Waals surface area (Å²) < 4.78 is 17.8. The summed E-state index contributed by atoms with van der Waals surface area (Å²) >= 11 is 1.54. The number of nitrogens with zero attached hydrogens (tertiary/aromatic N) is 3. The van der Waals surface area contributed by atoms with Gasteiger partial charge >= 0.3 is 0 Å². The van der Waals surface area contributed by atoms with E-state index in [9.17, 15) is 9.18 Å². The Morgan fingerprint density at radius 1 is 1.31 bits per heavy atom. The van der Waals surface area contributed by atoms with E-state index in [4.69, 9.17) is 0 Å². The van der Waals surface area contributed by atoms with Crippen LogP contribution in [0.5, 0.6) is 0 Å². The molecule has 29 heavy (non-hydrogen) atoms. The normalized spacial score (nSPS) is 19.7. The standard InChI is InChI=1S/C22H25FN4OS/c1-14-12-27(13-18(14)23)29-21-10-20(26(3)15(21)2)22(28)25-11-16-6-4-8-19-17(16)7-5-9-24-19/h4-10,14,18H,11-13H2,1-3H3,(H,25,28). The number of rotatable bonds is 5. The fraction of sp³-hybridized carbons (Fsp3) is 0.364. The van der Waals surface area contributed by atoms with Gasteiger partial charge in [-0.3, -0.25) is 9.78 Å². The molecule has 0 bridgehead atoms. The molecule has 4 rings (SSSR count). The first-order chi connectivity index (χ1) is 13.9. The summed E-state index contributed by atoms with van der Waals surface area (Å²) in [5.41, 5.74) is 3.56. The maximum Gasteiger partial charge on any atom is 0.268 e. The zero-order valence-corrected chi connectivity index (χ0v) is 17.7. The van der Waals surface area contributed by atoms with Crippen LogP contribution in [-0.4, -0.2) is 39.0 Å². The summed E-state index contributed by atoms with van der Waals surface area (Å²) in [6.45, 7) is 5.50. The molecule has 1 fully saturated rings. The number of alkyl halides is 1. The number of fused-ring (bicyclic) bond motifs is 1. The summed E-state index contributed by atoms with van der Waals surface area (Å²) in [6.07, 6.45) is 0.979. The van der Waals surface area contributed by atoms with Crippen molar-refractivity contribution < 1.29 is 9.18 Å². The quantitative estimate of drug-likeness (QED) is 0.641. The van der Waals surface area contributed by atoms with Gasteiger partial charge in [-0.15, -0.1) is 0 Å². The Balaban J connectivity index is 1.47. The summed E-state index contributed by atoms with van der Waals surface area (Å²) in [7, 11) is 1.89. The molecule has 3 heterocycles. The van der Waals surface area contributed by atoms with Crippen LogP contribution in [0.25, 0.3) is 10.9 Å². The van der Waals surface area contributed by atoms with E-state index in [1.165, 1.54) is 11.9 Å². The van der Waals surface area contributed by atoms with Gasteiger partial charge in [-0.2, -0.15) is 0 Å². The van der Waals surface area contributed by atoms with Gasteiger partial charge in [0, 0.05) is 54.8 Å². The molecule has 7 heteroatoms. The predicted molar refractivity (Wildman–Crippen MR) is 115 cm³/mol. The smallest absolute Gasteiger partial charge is 0.268 e. The summed E-state index contributed by atoms with van der Waals surface area (Å²) in [5, 5.41) is 4.07. The third-order valence-corrected chi connectivity index (χ3v) is 6.78. The van der Waals surface area contributed by atoms with Crippen LogP contribution < -0.4 is 5.32 Å². The van der Waals surface area contributed by atoms with Gasteiger partial charge in [0.1, 0.15) is 11.9 Å². The van der Waals surface area contributed by atoms with Crippen LogP contribution in [0.2, 0.25) is 0 Å². The minimum Gasteiger partial charge on any atom is -0.347 e. The Hall–Kier alpha value is -2.38. The second kappa shape index (κ2) is 8.16. The predicted octanol–water partition coefficient (Wildman–Crippen LogP) is 4.11. The van der Waals surface area contributed by atoms with E-state index in [1.54, 1.807) is 6.20 Å². The molecule has 1 N–H and O–H groups in total. The molecule has 3 aromatic rings. The van der Waals surface area contributed by atoms with E-state index in [2.05, 4.69) is 10.3 Å². The van der Waals surface area contributed by atoms with Gasteiger partial charge in [-0.1, -0.05) is 25.1 Å². The van der Waals surface area contributed by atoms with Gasteiger partial charge in [0.2, 0.25) is 0 Å². The van der Waals surface area contributed by atoms with Crippen molar-refractivity contribution in [3.05, 3.63) is 59.5 Å². The van der Waals surface area contributed by atoms with Crippen LogP contribution in [0.4, 0.5) is 4.39 Å². The van der Waals surface area contributed by atoms with Crippen molar-refractivity contribution >= 4 is 28.8 Å². The third kappa shape index (κ3) is 4.02. The number of carbonyl (C=O) groups excluding carboxylic acids is 1. The van der Waals surface area contributed by atoms with Crippen LogP contribution in [0.1, 0.15) is 28.7 Å². The minimum atomic E-state index is -0.788. The van der Waals surface area contributed by atoms with E-state index < -0.39 is 6.17 Å². The number of benzene rings is 1. The fourth-order valence-electron chi connectivity index (χ4n) is 3.67. The van der Waals surface area contributed by atoms with Crippen molar-refractivity contribution in [1.29, 1.82) is 0 Å². The molecule has 1 aliphatic heterocycles. The molecule has 0 radical (unpaired) electrons. The Morgan fingerprint density at radius 3 is 2.90 bits per heavy atom.